The molecular weight excluding hydrogens is 216 g/mol. The molecule has 1 rings (SSSR count). The third-order valence-electron chi connectivity index (χ3n) is 2.73. The molecule has 0 aliphatic rings. The zero-order valence-corrected chi connectivity index (χ0v) is 11.1. The van der Waals surface area contributed by atoms with Crippen LogP contribution in [0.5, 0.6) is 0 Å². The minimum absolute atomic E-state index is 0.289. The van der Waals surface area contributed by atoms with E-state index >= 15 is 0 Å². The number of aryl methyl sites for hydroxylation is 1. The molecule has 1 atom stereocenters. The van der Waals surface area contributed by atoms with Gasteiger partial charge >= 0.3 is 0 Å². The molecule has 1 aromatic rings. The molecule has 0 saturated heterocycles. The van der Waals surface area contributed by atoms with Crippen LogP contribution in [0.15, 0.2) is 24.3 Å². The van der Waals surface area contributed by atoms with Crippen molar-refractivity contribution in [3.8, 4) is 0 Å². The number of aliphatic hydroxyl groups excluding tert-OH is 1. The Hall–Kier alpha value is -0.470. The molecule has 1 aromatic carbocycles. The highest BCUT2D eigenvalue weighted by atomic mass is 32.2. The summed E-state index contributed by atoms with van der Waals surface area (Å²) < 4.78 is 0. The van der Waals surface area contributed by atoms with Gasteiger partial charge in [-0.15, -0.1) is 0 Å². The maximum Gasteiger partial charge on any atom is 0.0790 e. The first kappa shape index (κ1) is 13.6. The van der Waals surface area contributed by atoms with E-state index in [4.69, 9.17) is 0 Å². The number of benzene rings is 1. The third-order valence-corrected chi connectivity index (χ3v) is 3.43. The molecule has 0 amide bonds. The van der Waals surface area contributed by atoms with Gasteiger partial charge in [0.15, 0.2) is 0 Å². The Kier molecular flexibility index (Phi) is 6.58. The van der Waals surface area contributed by atoms with Gasteiger partial charge in [-0.25, -0.2) is 0 Å². The van der Waals surface area contributed by atoms with E-state index in [1.54, 1.807) is 0 Å². The highest BCUT2D eigenvalue weighted by molar-refractivity contribution is 7.98. The van der Waals surface area contributed by atoms with Crippen LogP contribution < -0.4 is 0 Å². The van der Waals surface area contributed by atoms with E-state index in [1.807, 2.05) is 11.8 Å². The second kappa shape index (κ2) is 7.75. The lowest BCUT2D eigenvalue weighted by molar-refractivity contribution is 0.167. The largest absolute Gasteiger partial charge is 0.388 e. The van der Waals surface area contributed by atoms with Crippen LogP contribution in [-0.4, -0.2) is 17.1 Å². The SMILES string of the molecule is CCCc1ccc(C(O)CCCSC)cc1. The highest BCUT2D eigenvalue weighted by Crippen LogP contribution is 2.20. The summed E-state index contributed by atoms with van der Waals surface area (Å²) in [5.74, 6) is 1.13. The van der Waals surface area contributed by atoms with Crippen LogP contribution in [0.25, 0.3) is 0 Å². The fraction of sp³-hybridized carbons (Fsp3) is 0.571. The highest BCUT2D eigenvalue weighted by Gasteiger charge is 2.06. The van der Waals surface area contributed by atoms with Crippen LogP contribution >= 0.6 is 11.8 Å². The molecule has 0 spiro atoms. The number of hydrogen-bond donors (Lipinski definition) is 1. The molecule has 1 N–H and O–H groups in total. The summed E-state index contributed by atoms with van der Waals surface area (Å²) in [6.45, 7) is 2.19. The summed E-state index contributed by atoms with van der Waals surface area (Å²) in [7, 11) is 0. The van der Waals surface area contributed by atoms with E-state index in [9.17, 15) is 5.11 Å². The second-order valence-corrected chi connectivity index (χ2v) is 5.13. The molecular formula is C14H22OS. The maximum absolute atomic E-state index is 9.96. The monoisotopic (exact) mass is 238 g/mol. The summed E-state index contributed by atoms with van der Waals surface area (Å²) in [4.78, 5) is 0. The van der Waals surface area contributed by atoms with Crippen molar-refractivity contribution < 1.29 is 5.11 Å². The van der Waals surface area contributed by atoms with Gasteiger partial charge < -0.3 is 5.11 Å². The Bertz CT molecular complexity index is 281. The van der Waals surface area contributed by atoms with Gasteiger partial charge in [0.2, 0.25) is 0 Å². The van der Waals surface area contributed by atoms with Crippen LogP contribution in [0.1, 0.15) is 43.4 Å². The first-order chi connectivity index (χ1) is 7.77. The Balaban J connectivity index is 2.46. The standard InChI is InChI=1S/C14H22OS/c1-3-5-12-7-9-13(10-8-12)14(15)6-4-11-16-2/h7-10,14-15H,3-6,11H2,1-2H3. The minimum atomic E-state index is -0.289. The molecule has 0 radical (unpaired) electrons. The molecule has 0 aliphatic carbocycles. The van der Waals surface area contributed by atoms with Gasteiger partial charge in [-0.2, -0.15) is 11.8 Å². The summed E-state index contributed by atoms with van der Waals surface area (Å²) in [5.41, 5.74) is 2.42. The molecule has 0 heterocycles. The first-order valence-corrected chi connectivity index (χ1v) is 7.43. The fourth-order valence-electron chi connectivity index (χ4n) is 1.78. The molecule has 1 nitrogen and oxygen atoms in total. The van der Waals surface area contributed by atoms with Crippen LogP contribution in [0.3, 0.4) is 0 Å². The molecule has 2 heteroatoms. The normalized spacial score (nSPS) is 12.7. The van der Waals surface area contributed by atoms with Gasteiger partial charge in [0, 0.05) is 0 Å². The van der Waals surface area contributed by atoms with E-state index in [1.165, 1.54) is 12.0 Å². The minimum Gasteiger partial charge on any atom is -0.388 e. The van der Waals surface area contributed by atoms with E-state index < -0.39 is 0 Å². The van der Waals surface area contributed by atoms with Gasteiger partial charge in [-0.1, -0.05) is 37.6 Å². The number of thioether (sulfide) groups is 1. The van der Waals surface area contributed by atoms with Crippen molar-refractivity contribution in [3.63, 3.8) is 0 Å². The van der Waals surface area contributed by atoms with Crippen molar-refractivity contribution in [2.45, 2.75) is 38.7 Å². The molecule has 1 unspecified atom stereocenters. The Labute approximate surface area is 103 Å². The molecule has 0 aliphatic heterocycles. The smallest absolute Gasteiger partial charge is 0.0790 e. The molecule has 90 valence electrons. The van der Waals surface area contributed by atoms with Gasteiger partial charge in [0.25, 0.3) is 0 Å². The van der Waals surface area contributed by atoms with Crippen molar-refractivity contribution in [3.05, 3.63) is 35.4 Å². The van der Waals surface area contributed by atoms with Crippen LogP contribution in [-0.2, 0) is 6.42 Å². The lowest BCUT2D eigenvalue weighted by atomic mass is 10.0. The average Bonchev–Trinajstić information content (AvgIpc) is 2.30. The molecule has 0 aromatic heterocycles. The van der Waals surface area contributed by atoms with E-state index in [-0.39, 0.29) is 6.10 Å². The van der Waals surface area contributed by atoms with E-state index in [2.05, 4.69) is 37.4 Å². The fourth-order valence-corrected chi connectivity index (χ4v) is 2.24. The number of aliphatic hydroxyl groups is 1. The first-order valence-electron chi connectivity index (χ1n) is 6.03. The summed E-state index contributed by atoms with van der Waals surface area (Å²) in [6.07, 6.45) is 6.07. The summed E-state index contributed by atoms with van der Waals surface area (Å²) in [5, 5.41) is 9.96. The van der Waals surface area contributed by atoms with Crippen LogP contribution in [0.4, 0.5) is 0 Å². The quantitative estimate of drug-likeness (QED) is 0.729. The zero-order chi connectivity index (χ0) is 11.8. The lowest BCUT2D eigenvalue weighted by Crippen LogP contribution is -1.98. The molecule has 0 saturated carbocycles. The zero-order valence-electron chi connectivity index (χ0n) is 10.3. The average molecular weight is 238 g/mol. The molecule has 16 heavy (non-hydrogen) atoms. The van der Waals surface area contributed by atoms with Crippen LogP contribution in [0.2, 0.25) is 0 Å². The van der Waals surface area contributed by atoms with Gasteiger partial charge in [-0.05, 0) is 42.4 Å². The van der Waals surface area contributed by atoms with Gasteiger partial charge in [0.05, 0.1) is 6.10 Å². The Morgan fingerprint density at radius 1 is 1.25 bits per heavy atom. The summed E-state index contributed by atoms with van der Waals surface area (Å²) >= 11 is 1.84. The Morgan fingerprint density at radius 3 is 2.50 bits per heavy atom. The summed E-state index contributed by atoms with van der Waals surface area (Å²) in [6, 6.07) is 8.40. The molecule has 0 bridgehead atoms. The van der Waals surface area contributed by atoms with E-state index in [0.29, 0.717) is 0 Å². The predicted molar refractivity (Wildman–Crippen MR) is 73.0 cm³/mol. The van der Waals surface area contributed by atoms with Crippen molar-refractivity contribution >= 4 is 11.8 Å². The van der Waals surface area contributed by atoms with Gasteiger partial charge in [0.1, 0.15) is 0 Å². The predicted octanol–water partition coefficient (Wildman–Crippen LogP) is 3.82. The maximum atomic E-state index is 9.96. The van der Waals surface area contributed by atoms with Crippen molar-refractivity contribution in [1.29, 1.82) is 0 Å². The third kappa shape index (κ3) is 4.58. The lowest BCUT2D eigenvalue weighted by Gasteiger charge is -2.11. The topological polar surface area (TPSA) is 20.2 Å². The van der Waals surface area contributed by atoms with Crippen molar-refractivity contribution in [2.24, 2.45) is 0 Å². The second-order valence-electron chi connectivity index (χ2n) is 4.14. The van der Waals surface area contributed by atoms with Crippen LogP contribution in [0, 0.1) is 0 Å². The van der Waals surface area contributed by atoms with Gasteiger partial charge in [-0.3, -0.25) is 0 Å². The number of hydrogen-bond acceptors (Lipinski definition) is 2. The van der Waals surface area contributed by atoms with Crippen molar-refractivity contribution in [2.75, 3.05) is 12.0 Å². The molecule has 0 fully saturated rings. The van der Waals surface area contributed by atoms with Crippen molar-refractivity contribution in [1.82, 2.24) is 0 Å². The Morgan fingerprint density at radius 2 is 1.94 bits per heavy atom. The van der Waals surface area contributed by atoms with E-state index in [0.717, 1.165) is 30.6 Å². The number of rotatable bonds is 7.